The van der Waals surface area contributed by atoms with Crippen LogP contribution in [0.2, 0.25) is 0 Å². The molecule has 0 spiro atoms. The first kappa shape index (κ1) is 17.2. The van der Waals surface area contributed by atoms with Crippen LogP contribution in [0.5, 0.6) is 5.75 Å². The average molecular weight is 388 g/mol. The lowest BCUT2D eigenvalue weighted by Gasteiger charge is -2.19. The second kappa shape index (κ2) is 7.94. The van der Waals surface area contributed by atoms with Crippen molar-refractivity contribution >= 4 is 27.3 Å². The van der Waals surface area contributed by atoms with Crippen molar-refractivity contribution in [2.75, 3.05) is 14.2 Å². The third-order valence-electron chi connectivity index (χ3n) is 2.90. The van der Waals surface area contributed by atoms with Crippen LogP contribution in [0.4, 0.5) is 4.39 Å². The van der Waals surface area contributed by atoms with Gasteiger partial charge in [0.2, 0.25) is 0 Å². The summed E-state index contributed by atoms with van der Waals surface area (Å²) in [4.78, 5) is 5.92. The van der Waals surface area contributed by atoms with Crippen LogP contribution in [-0.2, 0) is 22.8 Å². The number of ether oxygens (including phenoxy) is 1. The molecule has 4 nitrogen and oxygen atoms in total. The summed E-state index contributed by atoms with van der Waals surface area (Å²) in [5.74, 6) is 0.361. The molecule has 0 radical (unpaired) electrons. The highest BCUT2D eigenvalue weighted by Crippen LogP contribution is 2.22. The van der Waals surface area contributed by atoms with Crippen molar-refractivity contribution in [1.29, 1.82) is 0 Å². The molecule has 0 heterocycles. The number of rotatable bonds is 6. The van der Waals surface area contributed by atoms with E-state index in [4.69, 9.17) is 9.57 Å². The molecule has 0 fully saturated rings. The third-order valence-corrected chi connectivity index (χ3v) is 4.74. The number of hydrogen-bond donors (Lipinski definition) is 0. The summed E-state index contributed by atoms with van der Waals surface area (Å²) < 4.78 is 32.1. The molecule has 0 aliphatic carbocycles. The molecular weight excluding hydrogens is 373 g/mol. The van der Waals surface area contributed by atoms with Crippen LogP contribution in [0.15, 0.2) is 51.8 Å². The lowest BCUT2D eigenvalue weighted by Crippen LogP contribution is -2.27. The lowest BCUT2D eigenvalue weighted by atomic mass is 10.2. The smallest absolute Gasteiger partial charge is 0.177 e. The van der Waals surface area contributed by atoms with Gasteiger partial charge in [-0.15, -0.1) is 0 Å². The Labute approximate surface area is 140 Å². The summed E-state index contributed by atoms with van der Waals surface area (Å²) in [7, 11) is 3.17. The van der Waals surface area contributed by atoms with Crippen LogP contribution in [0.1, 0.15) is 5.56 Å². The molecule has 2 rings (SSSR count). The zero-order valence-corrected chi connectivity index (χ0v) is 14.5. The van der Waals surface area contributed by atoms with Crippen molar-refractivity contribution in [3.05, 3.63) is 58.3 Å². The summed E-state index contributed by atoms with van der Waals surface area (Å²) in [6.07, 6.45) is 0. The van der Waals surface area contributed by atoms with Crippen LogP contribution in [-0.4, -0.2) is 23.2 Å². The lowest BCUT2D eigenvalue weighted by molar-refractivity contribution is -0.0770. The van der Waals surface area contributed by atoms with Gasteiger partial charge in [0.15, 0.2) is 4.90 Å². The molecule has 0 aliphatic rings. The van der Waals surface area contributed by atoms with E-state index in [1.807, 2.05) is 24.3 Å². The summed E-state index contributed by atoms with van der Waals surface area (Å²) >= 11 is 1.54. The zero-order valence-electron chi connectivity index (χ0n) is 12.1. The fourth-order valence-corrected chi connectivity index (χ4v) is 3.05. The summed E-state index contributed by atoms with van der Waals surface area (Å²) in [5, 5.41) is 0. The van der Waals surface area contributed by atoms with Crippen molar-refractivity contribution in [2.24, 2.45) is 0 Å². The Bertz CT molecular complexity index is 627. The minimum Gasteiger partial charge on any atom is -0.591 e. The van der Waals surface area contributed by atoms with Gasteiger partial charge in [0, 0.05) is 6.07 Å². The Morgan fingerprint density at radius 2 is 1.91 bits per heavy atom. The highest BCUT2D eigenvalue weighted by molar-refractivity contribution is 9.10. The van der Waals surface area contributed by atoms with Gasteiger partial charge in [-0.05, 0) is 50.2 Å². The van der Waals surface area contributed by atoms with Crippen molar-refractivity contribution < 1.29 is 18.5 Å². The maximum Gasteiger partial charge on any atom is 0.177 e. The topological polar surface area (TPSA) is 44.8 Å². The molecule has 7 heteroatoms. The van der Waals surface area contributed by atoms with Crippen molar-refractivity contribution in [3.63, 3.8) is 0 Å². The van der Waals surface area contributed by atoms with E-state index in [2.05, 4.69) is 15.9 Å². The Kier molecular flexibility index (Phi) is 6.22. The van der Waals surface area contributed by atoms with E-state index in [9.17, 15) is 8.94 Å². The van der Waals surface area contributed by atoms with E-state index in [1.165, 1.54) is 22.7 Å². The predicted molar refractivity (Wildman–Crippen MR) is 86.1 cm³/mol. The highest BCUT2D eigenvalue weighted by Gasteiger charge is 2.20. The molecule has 0 saturated carbocycles. The van der Waals surface area contributed by atoms with E-state index >= 15 is 0 Å². The minimum atomic E-state index is -1.54. The summed E-state index contributed by atoms with van der Waals surface area (Å²) in [6.45, 7) is 0.272. The quantitative estimate of drug-likeness (QED) is 0.560. The Hall–Kier alpha value is -1.12. The van der Waals surface area contributed by atoms with Gasteiger partial charge in [0.25, 0.3) is 0 Å². The SMILES string of the molecule is COc1ccc(CON(C)[S+]([O-])c2ccc(F)c(Br)c2)cc1. The fourth-order valence-electron chi connectivity index (χ4n) is 1.67. The van der Waals surface area contributed by atoms with Crippen molar-refractivity contribution in [3.8, 4) is 5.75 Å². The molecule has 22 heavy (non-hydrogen) atoms. The van der Waals surface area contributed by atoms with Gasteiger partial charge in [-0.1, -0.05) is 12.1 Å². The first-order valence-corrected chi connectivity index (χ1v) is 8.27. The van der Waals surface area contributed by atoms with Gasteiger partial charge in [-0.2, -0.15) is 0 Å². The number of methoxy groups -OCH3 is 1. The second-order valence-corrected chi connectivity index (χ2v) is 6.72. The minimum absolute atomic E-state index is 0.266. The van der Waals surface area contributed by atoms with Gasteiger partial charge < -0.3 is 9.29 Å². The Balaban J connectivity index is 1.95. The largest absolute Gasteiger partial charge is 0.591 e. The molecule has 1 atom stereocenters. The molecule has 0 amide bonds. The third kappa shape index (κ3) is 4.44. The highest BCUT2D eigenvalue weighted by atomic mass is 79.9. The molecule has 0 bridgehead atoms. The summed E-state index contributed by atoms with van der Waals surface area (Å²) in [6, 6.07) is 11.6. The van der Waals surface area contributed by atoms with Crippen molar-refractivity contribution in [1.82, 2.24) is 4.47 Å². The van der Waals surface area contributed by atoms with Crippen LogP contribution in [0.25, 0.3) is 0 Å². The maximum absolute atomic E-state index is 13.2. The monoisotopic (exact) mass is 387 g/mol. The maximum atomic E-state index is 13.2. The van der Waals surface area contributed by atoms with E-state index in [0.717, 1.165) is 11.3 Å². The van der Waals surface area contributed by atoms with E-state index in [0.29, 0.717) is 4.90 Å². The van der Waals surface area contributed by atoms with Gasteiger partial charge in [-0.3, -0.25) is 4.84 Å². The second-order valence-electron chi connectivity index (χ2n) is 4.39. The molecule has 2 aromatic rings. The summed E-state index contributed by atoms with van der Waals surface area (Å²) in [5.41, 5.74) is 0.921. The standard InChI is InChI=1S/C15H15BrFNO3S/c1-18(21-10-11-3-5-12(20-2)6-4-11)22(19)13-7-8-15(17)14(16)9-13/h3-9H,10H2,1-2H3. The number of benzene rings is 2. The van der Waals surface area contributed by atoms with Crippen LogP contribution in [0, 0.1) is 5.82 Å². The average Bonchev–Trinajstić information content (AvgIpc) is 2.55. The van der Waals surface area contributed by atoms with Crippen LogP contribution >= 0.6 is 15.9 Å². The Morgan fingerprint density at radius 3 is 2.50 bits per heavy atom. The molecule has 118 valence electrons. The van der Waals surface area contributed by atoms with E-state index in [1.54, 1.807) is 14.2 Å². The molecule has 1 unspecified atom stereocenters. The van der Waals surface area contributed by atoms with Gasteiger partial charge in [0.1, 0.15) is 22.9 Å². The molecule has 0 saturated heterocycles. The molecule has 2 aromatic carbocycles. The number of halogens is 2. The first-order valence-electron chi connectivity index (χ1n) is 6.38. The number of nitrogens with zero attached hydrogens (tertiary/aromatic N) is 1. The molecular formula is C15H15BrFNO3S. The van der Waals surface area contributed by atoms with Gasteiger partial charge >= 0.3 is 0 Å². The van der Waals surface area contributed by atoms with Crippen LogP contribution in [0.3, 0.4) is 0 Å². The predicted octanol–water partition coefficient (Wildman–Crippen LogP) is 3.68. The normalized spacial score (nSPS) is 12.5. The van der Waals surface area contributed by atoms with E-state index in [-0.39, 0.29) is 11.1 Å². The molecule has 0 N–H and O–H groups in total. The van der Waals surface area contributed by atoms with E-state index < -0.39 is 17.2 Å². The zero-order chi connectivity index (χ0) is 16.1. The first-order chi connectivity index (χ1) is 10.5. The van der Waals surface area contributed by atoms with Gasteiger partial charge in [0.05, 0.1) is 25.2 Å². The molecule has 0 aromatic heterocycles. The van der Waals surface area contributed by atoms with Gasteiger partial charge in [-0.25, -0.2) is 4.39 Å². The number of hydroxylamine groups is 1. The Morgan fingerprint density at radius 1 is 1.23 bits per heavy atom. The number of hydrogen-bond acceptors (Lipinski definition) is 4. The van der Waals surface area contributed by atoms with Crippen LogP contribution < -0.4 is 4.74 Å². The molecule has 0 aliphatic heterocycles. The fraction of sp³-hybridized carbons (Fsp3) is 0.200. The van der Waals surface area contributed by atoms with Crippen molar-refractivity contribution in [2.45, 2.75) is 11.5 Å².